The lowest BCUT2D eigenvalue weighted by Crippen LogP contribution is -2.37. The maximum Gasteiger partial charge on any atom is 0.00922 e. The Labute approximate surface area is 94.2 Å². The molecule has 2 aliphatic carbocycles. The molecule has 0 aliphatic heterocycles. The van der Waals surface area contributed by atoms with Crippen molar-refractivity contribution in [3.8, 4) is 0 Å². The summed E-state index contributed by atoms with van der Waals surface area (Å²) in [7, 11) is 2.30. The van der Waals surface area contributed by atoms with Crippen molar-refractivity contribution in [1.82, 2.24) is 4.90 Å². The summed E-state index contributed by atoms with van der Waals surface area (Å²) in [5, 5.41) is 0. The third-order valence-corrected chi connectivity index (χ3v) is 4.64. The summed E-state index contributed by atoms with van der Waals surface area (Å²) in [4.78, 5) is 2.58. The highest BCUT2D eigenvalue weighted by molar-refractivity contribution is 4.87. The fraction of sp³-hybridized carbons (Fsp3) is 1.00. The van der Waals surface area contributed by atoms with Crippen LogP contribution in [-0.2, 0) is 0 Å². The molecule has 88 valence electrons. The standard InChI is InChI=1S/C13H26N2/c1-10(11-6-7-11)15(2)9-13-5-3-4-12(13)8-14/h10-13H,3-9,14H2,1-2H3. The van der Waals surface area contributed by atoms with Crippen LogP contribution in [0.5, 0.6) is 0 Å². The van der Waals surface area contributed by atoms with E-state index in [1.54, 1.807) is 0 Å². The van der Waals surface area contributed by atoms with Gasteiger partial charge in [-0.2, -0.15) is 0 Å². The average Bonchev–Trinajstić information content (AvgIpc) is 2.99. The lowest BCUT2D eigenvalue weighted by molar-refractivity contribution is 0.181. The van der Waals surface area contributed by atoms with E-state index >= 15 is 0 Å². The highest BCUT2D eigenvalue weighted by atomic mass is 15.1. The first-order valence-electron chi connectivity index (χ1n) is 6.62. The second-order valence-electron chi connectivity index (χ2n) is 5.70. The van der Waals surface area contributed by atoms with Crippen LogP contribution in [-0.4, -0.2) is 31.1 Å². The van der Waals surface area contributed by atoms with Gasteiger partial charge in [0.15, 0.2) is 0 Å². The molecule has 0 amide bonds. The molecule has 2 nitrogen and oxygen atoms in total. The van der Waals surface area contributed by atoms with Crippen molar-refractivity contribution in [2.75, 3.05) is 20.1 Å². The summed E-state index contributed by atoms with van der Waals surface area (Å²) in [5.41, 5.74) is 5.83. The molecular formula is C13H26N2. The van der Waals surface area contributed by atoms with Gasteiger partial charge in [-0.15, -0.1) is 0 Å². The molecular weight excluding hydrogens is 184 g/mol. The van der Waals surface area contributed by atoms with Crippen LogP contribution < -0.4 is 5.73 Å². The Morgan fingerprint density at radius 3 is 2.47 bits per heavy atom. The highest BCUT2D eigenvalue weighted by Crippen LogP contribution is 2.37. The first-order chi connectivity index (χ1) is 7.22. The Bertz CT molecular complexity index is 201. The molecule has 15 heavy (non-hydrogen) atoms. The monoisotopic (exact) mass is 210 g/mol. The predicted octanol–water partition coefficient (Wildman–Crippen LogP) is 2.09. The van der Waals surface area contributed by atoms with E-state index in [0.29, 0.717) is 0 Å². The van der Waals surface area contributed by atoms with Gasteiger partial charge in [0.2, 0.25) is 0 Å². The summed E-state index contributed by atoms with van der Waals surface area (Å²) in [6.45, 7) is 4.57. The Morgan fingerprint density at radius 2 is 1.87 bits per heavy atom. The molecule has 2 N–H and O–H groups in total. The van der Waals surface area contributed by atoms with E-state index in [4.69, 9.17) is 5.73 Å². The van der Waals surface area contributed by atoms with Crippen molar-refractivity contribution in [3.05, 3.63) is 0 Å². The van der Waals surface area contributed by atoms with Crippen LogP contribution in [0.3, 0.4) is 0 Å². The summed E-state index contributed by atoms with van der Waals surface area (Å²) in [6.07, 6.45) is 7.08. The topological polar surface area (TPSA) is 29.3 Å². The van der Waals surface area contributed by atoms with Crippen molar-refractivity contribution < 1.29 is 0 Å². The number of nitrogens with zero attached hydrogens (tertiary/aromatic N) is 1. The molecule has 0 bridgehead atoms. The van der Waals surface area contributed by atoms with Gasteiger partial charge in [0.25, 0.3) is 0 Å². The number of hydrogen-bond donors (Lipinski definition) is 1. The second kappa shape index (κ2) is 4.84. The van der Waals surface area contributed by atoms with E-state index in [-0.39, 0.29) is 0 Å². The van der Waals surface area contributed by atoms with E-state index < -0.39 is 0 Å². The molecule has 0 aromatic carbocycles. The Hall–Kier alpha value is -0.0800. The van der Waals surface area contributed by atoms with Crippen molar-refractivity contribution in [3.63, 3.8) is 0 Å². The van der Waals surface area contributed by atoms with E-state index in [1.165, 1.54) is 38.6 Å². The van der Waals surface area contributed by atoms with Gasteiger partial charge >= 0.3 is 0 Å². The Kier molecular flexibility index (Phi) is 3.68. The van der Waals surface area contributed by atoms with Crippen molar-refractivity contribution in [2.45, 2.75) is 45.1 Å². The van der Waals surface area contributed by atoms with Crippen molar-refractivity contribution >= 4 is 0 Å². The van der Waals surface area contributed by atoms with Gasteiger partial charge in [-0.1, -0.05) is 6.42 Å². The summed E-state index contributed by atoms with van der Waals surface area (Å²) in [6, 6.07) is 0.795. The van der Waals surface area contributed by atoms with Crippen LogP contribution in [0.2, 0.25) is 0 Å². The highest BCUT2D eigenvalue weighted by Gasteiger charge is 2.33. The van der Waals surface area contributed by atoms with Crippen molar-refractivity contribution in [1.29, 1.82) is 0 Å². The quantitative estimate of drug-likeness (QED) is 0.753. The van der Waals surface area contributed by atoms with Gasteiger partial charge in [-0.25, -0.2) is 0 Å². The maximum absolute atomic E-state index is 5.83. The van der Waals surface area contributed by atoms with Crippen LogP contribution in [0.15, 0.2) is 0 Å². The Morgan fingerprint density at radius 1 is 1.20 bits per heavy atom. The zero-order valence-electron chi connectivity index (χ0n) is 10.3. The molecule has 0 aromatic heterocycles. The molecule has 2 saturated carbocycles. The summed E-state index contributed by atoms with van der Waals surface area (Å²) in [5.74, 6) is 2.67. The molecule has 2 rings (SSSR count). The molecule has 3 unspecified atom stereocenters. The van der Waals surface area contributed by atoms with Crippen LogP contribution in [0, 0.1) is 17.8 Å². The molecule has 0 aromatic rings. The fourth-order valence-corrected chi connectivity index (χ4v) is 3.14. The molecule has 2 fully saturated rings. The minimum absolute atomic E-state index is 0.795. The molecule has 0 radical (unpaired) electrons. The predicted molar refractivity (Wildman–Crippen MR) is 64.7 cm³/mol. The van der Waals surface area contributed by atoms with E-state index in [2.05, 4.69) is 18.9 Å². The van der Waals surface area contributed by atoms with Gasteiger partial charge < -0.3 is 10.6 Å². The third kappa shape index (κ3) is 2.73. The van der Waals surface area contributed by atoms with Crippen LogP contribution in [0.1, 0.15) is 39.0 Å². The first-order valence-corrected chi connectivity index (χ1v) is 6.62. The lowest BCUT2D eigenvalue weighted by Gasteiger charge is -2.29. The van der Waals surface area contributed by atoms with Gasteiger partial charge in [-0.3, -0.25) is 0 Å². The summed E-state index contributed by atoms with van der Waals surface area (Å²) < 4.78 is 0. The van der Waals surface area contributed by atoms with Crippen LogP contribution >= 0.6 is 0 Å². The number of rotatable bonds is 5. The third-order valence-electron chi connectivity index (χ3n) is 4.64. The van der Waals surface area contributed by atoms with Gasteiger partial charge in [-0.05, 0) is 64.0 Å². The van der Waals surface area contributed by atoms with Crippen LogP contribution in [0.4, 0.5) is 0 Å². The zero-order valence-corrected chi connectivity index (χ0v) is 10.3. The molecule has 3 atom stereocenters. The molecule has 2 heteroatoms. The van der Waals surface area contributed by atoms with Crippen LogP contribution in [0.25, 0.3) is 0 Å². The fourth-order valence-electron chi connectivity index (χ4n) is 3.14. The minimum Gasteiger partial charge on any atom is -0.330 e. The normalized spacial score (nSPS) is 33.6. The van der Waals surface area contributed by atoms with Gasteiger partial charge in [0.1, 0.15) is 0 Å². The SMILES string of the molecule is CC(C1CC1)N(C)CC1CCCC1CN. The van der Waals surface area contributed by atoms with E-state index in [1.807, 2.05) is 0 Å². The van der Waals surface area contributed by atoms with Crippen molar-refractivity contribution in [2.24, 2.45) is 23.5 Å². The number of hydrogen-bond acceptors (Lipinski definition) is 2. The van der Waals surface area contributed by atoms with Gasteiger partial charge in [0.05, 0.1) is 0 Å². The van der Waals surface area contributed by atoms with E-state index in [9.17, 15) is 0 Å². The first kappa shape index (κ1) is 11.4. The zero-order chi connectivity index (χ0) is 10.8. The lowest BCUT2D eigenvalue weighted by atomic mass is 9.95. The molecule has 0 spiro atoms. The molecule has 0 heterocycles. The number of nitrogens with two attached hydrogens (primary N) is 1. The molecule has 2 aliphatic rings. The average molecular weight is 210 g/mol. The second-order valence-corrected chi connectivity index (χ2v) is 5.70. The molecule has 0 saturated heterocycles. The largest absolute Gasteiger partial charge is 0.330 e. The minimum atomic E-state index is 0.795. The van der Waals surface area contributed by atoms with E-state index in [0.717, 1.165) is 30.3 Å². The van der Waals surface area contributed by atoms with Gasteiger partial charge in [0, 0.05) is 12.6 Å². The smallest absolute Gasteiger partial charge is 0.00922 e. The Balaban J connectivity index is 1.79. The maximum atomic E-state index is 5.83. The summed E-state index contributed by atoms with van der Waals surface area (Å²) >= 11 is 0.